The van der Waals surface area contributed by atoms with Crippen molar-refractivity contribution in [2.24, 2.45) is 11.3 Å². The van der Waals surface area contributed by atoms with Crippen molar-refractivity contribution >= 4 is 39.1 Å². The molecule has 1 aliphatic carbocycles. The second kappa shape index (κ2) is 6.63. The number of hydrogen-bond acceptors (Lipinski definition) is 0. The van der Waals surface area contributed by atoms with E-state index in [-0.39, 0.29) is 5.41 Å². The van der Waals surface area contributed by atoms with E-state index in [0.717, 1.165) is 10.9 Å². The first kappa shape index (κ1) is 14.7. The van der Waals surface area contributed by atoms with E-state index in [0.29, 0.717) is 17.7 Å². The van der Waals surface area contributed by atoms with Gasteiger partial charge in [-0.2, -0.15) is 0 Å². The molecule has 0 aromatic heterocycles. The van der Waals surface area contributed by atoms with Crippen LogP contribution in [0.15, 0.2) is 28.7 Å². The highest BCUT2D eigenvalue weighted by Gasteiger charge is 2.38. The molecule has 0 saturated heterocycles. The van der Waals surface area contributed by atoms with Crippen LogP contribution < -0.4 is 0 Å². The van der Waals surface area contributed by atoms with Crippen molar-refractivity contribution in [3.05, 3.63) is 34.3 Å². The Morgan fingerprint density at radius 3 is 2.11 bits per heavy atom. The van der Waals surface area contributed by atoms with Crippen LogP contribution in [-0.4, -0.2) is 11.8 Å². The summed E-state index contributed by atoms with van der Waals surface area (Å²) in [5.74, 6) is 2.02. The molecule has 1 aromatic rings. The van der Waals surface area contributed by atoms with Crippen LogP contribution in [0.3, 0.4) is 0 Å². The Morgan fingerprint density at radius 2 is 1.61 bits per heavy atom. The lowest BCUT2D eigenvalue weighted by atomic mass is 9.73. The van der Waals surface area contributed by atoms with Gasteiger partial charge in [0, 0.05) is 21.6 Å². The Labute approximate surface area is 128 Å². The van der Waals surface area contributed by atoms with Crippen LogP contribution in [0.4, 0.5) is 0 Å². The van der Waals surface area contributed by atoms with Gasteiger partial charge in [-0.1, -0.05) is 40.9 Å². The quantitative estimate of drug-likeness (QED) is 0.603. The lowest BCUT2D eigenvalue weighted by Crippen LogP contribution is -2.35. The van der Waals surface area contributed by atoms with Crippen LogP contribution in [0, 0.1) is 11.3 Å². The zero-order valence-corrected chi connectivity index (χ0v) is 13.6. The SMILES string of the molecule is ClCC(CCl)(Cc1ccc(Br)cc1)C1CCCC1. The lowest BCUT2D eigenvalue weighted by Gasteiger charge is -2.36. The van der Waals surface area contributed by atoms with Crippen LogP contribution in [0.5, 0.6) is 0 Å². The Morgan fingerprint density at radius 1 is 1.06 bits per heavy atom. The van der Waals surface area contributed by atoms with Crippen LogP contribution >= 0.6 is 39.1 Å². The fourth-order valence-corrected chi connectivity index (χ4v) is 4.22. The van der Waals surface area contributed by atoms with Crippen molar-refractivity contribution in [2.45, 2.75) is 32.1 Å². The monoisotopic (exact) mass is 348 g/mol. The van der Waals surface area contributed by atoms with Gasteiger partial charge in [0.1, 0.15) is 0 Å². The van der Waals surface area contributed by atoms with Crippen molar-refractivity contribution in [3.63, 3.8) is 0 Å². The van der Waals surface area contributed by atoms with Gasteiger partial charge in [-0.15, -0.1) is 23.2 Å². The van der Waals surface area contributed by atoms with Crippen LogP contribution in [0.1, 0.15) is 31.2 Å². The Hall–Kier alpha value is 0.280. The lowest BCUT2D eigenvalue weighted by molar-refractivity contribution is 0.225. The fraction of sp³-hybridized carbons (Fsp3) is 0.600. The summed E-state index contributed by atoms with van der Waals surface area (Å²) in [5.41, 5.74) is 1.42. The molecule has 0 spiro atoms. The van der Waals surface area contributed by atoms with E-state index in [1.807, 2.05) is 0 Å². The molecule has 0 radical (unpaired) electrons. The fourth-order valence-electron chi connectivity index (χ4n) is 3.04. The predicted molar refractivity (Wildman–Crippen MR) is 83.7 cm³/mol. The zero-order chi connectivity index (χ0) is 13.0. The van der Waals surface area contributed by atoms with Crippen molar-refractivity contribution in [1.82, 2.24) is 0 Å². The van der Waals surface area contributed by atoms with Crippen LogP contribution in [0.25, 0.3) is 0 Å². The van der Waals surface area contributed by atoms with Gasteiger partial charge in [-0.3, -0.25) is 0 Å². The minimum absolute atomic E-state index is 0.0768. The Kier molecular flexibility index (Phi) is 5.41. The molecular weight excluding hydrogens is 331 g/mol. The molecule has 0 N–H and O–H groups in total. The molecule has 100 valence electrons. The van der Waals surface area contributed by atoms with Gasteiger partial charge in [0.2, 0.25) is 0 Å². The summed E-state index contributed by atoms with van der Waals surface area (Å²) in [6.07, 6.45) is 6.24. The maximum absolute atomic E-state index is 6.29. The number of rotatable bonds is 5. The molecule has 2 rings (SSSR count). The third-order valence-electron chi connectivity index (χ3n) is 4.22. The van der Waals surface area contributed by atoms with E-state index in [1.165, 1.54) is 31.2 Å². The van der Waals surface area contributed by atoms with Gasteiger partial charge in [0.25, 0.3) is 0 Å². The van der Waals surface area contributed by atoms with E-state index in [9.17, 15) is 0 Å². The maximum atomic E-state index is 6.29. The summed E-state index contributed by atoms with van der Waals surface area (Å²) in [5, 5.41) is 0. The number of benzene rings is 1. The molecule has 0 unspecified atom stereocenters. The number of alkyl halides is 2. The van der Waals surface area contributed by atoms with Crippen molar-refractivity contribution in [1.29, 1.82) is 0 Å². The molecule has 0 atom stereocenters. The zero-order valence-electron chi connectivity index (χ0n) is 10.5. The molecule has 0 heterocycles. The third-order valence-corrected chi connectivity index (χ3v) is 5.82. The maximum Gasteiger partial charge on any atom is 0.0297 e. The van der Waals surface area contributed by atoms with Crippen LogP contribution in [0.2, 0.25) is 0 Å². The molecule has 0 nitrogen and oxygen atoms in total. The highest BCUT2D eigenvalue weighted by atomic mass is 79.9. The minimum Gasteiger partial charge on any atom is -0.126 e. The first-order valence-corrected chi connectivity index (χ1v) is 8.43. The standard InChI is InChI=1S/C15H19BrCl2/c16-14-7-5-12(6-8-14)9-15(10-17,11-18)13-3-1-2-4-13/h5-8,13H,1-4,9-11H2. The molecule has 18 heavy (non-hydrogen) atoms. The van der Waals surface area contributed by atoms with Crippen molar-refractivity contribution < 1.29 is 0 Å². The van der Waals surface area contributed by atoms with Crippen molar-refractivity contribution in [2.75, 3.05) is 11.8 Å². The molecule has 0 amide bonds. The van der Waals surface area contributed by atoms with Gasteiger partial charge in [-0.25, -0.2) is 0 Å². The molecule has 3 heteroatoms. The second-order valence-corrected chi connectivity index (χ2v) is 6.86. The van der Waals surface area contributed by atoms with E-state index in [1.54, 1.807) is 0 Å². The predicted octanol–water partition coefficient (Wildman–Crippen LogP) is 5.65. The molecular formula is C15H19BrCl2. The highest BCUT2D eigenvalue weighted by Crippen LogP contribution is 2.44. The third kappa shape index (κ3) is 3.23. The van der Waals surface area contributed by atoms with E-state index in [4.69, 9.17) is 23.2 Å². The number of hydrogen-bond donors (Lipinski definition) is 0. The normalized spacial score (nSPS) is 17.3. The topological polar surface area (TPSA) is 0 Å². The van der Waals surface area contributed by atoms with Gasteiger partial charge >= 0.3 is 0 Å². The second-order valence-electron chi connectivity index (χ2n) is 5.41. The number of halogens is 3. The minimum atomic E-state index is 0.0768. The van der Waals surface area contributed by atoms with Gasteiger partial charge < -0.3 is 0 Å². The average Bonchev–Trinajstić information content (AvgIpc) is 2.93. The van der Waals surface area contributed by atoms with E-state index >= 15 is 0 Å². The first-order chi connectivity index (χ1) is 8.70. The van der Waals surface area contributed by atoms with Gasteiger partial charge in [0.05, 0.1) is 0 Å². The van der Waals surface area contributed by atoms with Crippen LogP contribution in [-0.2, 0) is 6.42 Å². The van der Waals surface area contributed by atoms with Crippen molar-refractivity contribution in [3.8, 4) is 0 Å². The largest absolute Gasteiger partial charge is 0.126 e. The Bertz CT molecular complexity index is 365. The summed E-state index contributed by atoms with van der Waals surface area (Å²) < 4.78 is 1.12. The average molecular weight is 350 g/mol. The van der Waals surface area contributed by atoms with E-state index < -0.39 is 0 Å². The molecule has 1 saturated carbocycles. The summed E-state index contributed by atoms with van der Waals surface area (Å²) in [4.78, 5) is 0. The summed E-state index contributed by atoms with van der Waals surface area (Å²) in [6.45, 7) is 0. The highest BCUT2D eigenvalue weighted by molar-refractivity contribution is 9.10. The summed E-state index contributed by atoms with van der Waals surface area (Å²) in [7, 11) is 0. The molecule has 0 aliphatic heterocycles. The molecule has 1 fully saturated rings. The Balaban J connectivity index is 2.16. The van der Waals surface area contributed by atoms with E-state index in [2.05, 4.69) is 40.2 Å². The molecule has 0 bridgehead atoms. The summed E-state index contributed by atoms with van der Waals surface area (Å²) in [6, 6.07) is 8.54. The van der Waals surface area contributed by atoms with Gasteiger partial charge in [0.15, 0.2) is 0 Å². The first-order valence-electron chi connectivity index (χ1n) is 6.56. The molecule has 1 aliphatic rings. The smallest absolute Gasteiger partial charge is 0.0297 e. The summed E-state index contributed by atoms with van der Waals surface area (Å²) >= 11 is 16.1. The van der Waals surface area contributed by atoms with Gasteiger partial charge in [-0.05, 0) is 42.9 Å². The molecule has 1 aromatic carbocycles.